The van der Waals surface area contributed by atoms with Crippen molar-refractivity contribution < 1.29 is 9.21 Å². The van der Waals surface area contributed by atoms with Crippen LogP contribution in [-0.2, 0) is 4.79 Å². The maximum atomic E-state index is 11.3. The van der Waals surface area contributed by atoms with Crippen LogP contribution in [0.2, 0.25) is 0 Å². The number of fused-ring (bicyclic) bond motifs is 2. The number of hydrogen-bond acceptors (Lipinski definition) is 4. The van der Waals surface area contributed by atoms with Gasteiger partial charge in [-0.15, -0.1) is 0 Å². The first-order valence-corrected chi connectivity index (χ1v) is 10.5. The number of benzene rings is 1. The molecular formula is C20H21BBrN3O2. The molecule has 0 spiro atoms. The Kier molecular flexibility index (Phi) is 4.44. The fraction of sp³-hybridized carbons (Fsp3) is 0.400. The Bertz CT molecular complexity index is 985. The molecule has 5 rings (SSSR count). The maximum absolute atomic E-state index is 11.3. The molecule has 1 saturated heterocycles. The van der Waals surface area contributed by atoms with E-state index in [4.69, 9.17) is 4.42 Å². The molecule has 7 heteroatoms. The minimum atomic E-state index is 0.190. The second kappa shape index (κ2) is 6.95. The standard InChI is InChI=1S/C20H21BBrN3O2/c22-14-5-6-18-13(7-14)9-19(27-18)15-10-23-20(24-15)17-8-12-3-1-2-4-16(12)25(17)21-11-26/h5-7,9-12,16-17,21H,1-4,8H2,(H,23,24)/t12?,16?,17-/m0/s1. The summed E-state index contributed by atoms with van der Waals surface area (Å²) < 4.78 is 7.03. The zero-order valence-electron chi connectivity index (χ0n) is 15.0. The van der Waals surface area contributed by atoms with Gasteiger partial charge in [0.2, 0.25) is 0 Å². The first-order valence-electron chi connectivity index (χ1n) is 9.66. The minimum Gasteiger partial charge on any atom is -0.454 e. The quantitative estimate of drug-likeness (QED) is 0.496. The van der Waals surface area contributed by atoms with Crippen LogP contribution in [0.25, 0.3) is 22.4 Å². The van der Waals surface area contributed by atoms with Crippen molar-refractivity contribution in [3.8, 4) is 11.5 Å². The van der Waals surface area contributed by atoms with Crippen LogP contribution in [0.1, 0.15) is 44.0 Å². The molecule has 0 bridgehead atoms. The van der Waals surface area contributed by atoms with Gasteiger partial charge in [-0.3, -0.25) is 0 Å². The Balaban J connectivity index is 1.45. The second-order valence-corrected chi connectivity index (χ2v) is 8.62. The average molecular weight is 426 g/mol. The Morgan fingerprint density at radius 3 is 3.07 bits per heavy atom. The van der Waals surface area contributed by atoms with E-state index in [1.54, 1.807) is 0 Å². The molecule has 3 heterocycles. The van der Waals surface area contributed by atoms with E-state index >= 15 is 0 Å². The van der Waals surface area contributed by atoms with Crippen LogP contribution < -0.4 is 0 Å². The topological polar surface area (TPSA) is 62.1 Å². The van der Waals surface area contributed by atoms with Crippen molar-refractivity contribution in [2.24, 2.45) is 5.92 Å². The third-order valence-electron chi connectivity index (χ3n) is 6.16. The number of nitrogens with one attached hydrogen (secondary N) is 1. The zero-order chi connectivity index (χ0) is 18.4. The highest BCUT2D eigenvalue weighted by molar-refractivity contribution is 9.10. The molecule has 2 fully saturated rings. The van der Waals surface area contributed by atoms with Gasteiger partial charge in [-0.05, 0) is 49.4 Å². The van der Waals surface area contributed by atoms with Crippen molar-refractivity contribution in [2.75, 3.05) is 0 Å². The van der Waals surface area contributed by atoms with Crippen LogP contribution >= 0.6 is 15.9 Å². The Labute approximate surface area is 166 Å². The summed E-state index contributed by atoms with van der Waals surface area (Å²) in [5, 5.41) is 1.06. The van der Waals surface area contributed by atoms with Crippen molar-refractivity contribution in [1.29, 1.82) is 0 Å². The lowest BCUT2D eigenvalue weighted by Crippen LogP contribution is -2.39. The van der Waals surface area contributed by atoms with E-state index < -0.39 is 0 Å². The predicted octanol–water partition coefficient (Wildman–Crippen LogP) is 4.43. The van der Waals surface area contributed by atoms with E-state index in [-0.39, 0.29) is 6.04 Å². The number of imidazole rings is 1. The van der Waals surface area contributed by atoms with Gasteiger partial charge in [0, 0.05) is 15.9 Å². The molecule has 2 unspecified atom stereocenters. The molecule has 138 valence electrons. The summed E-state index contributed by atoms with van der Waals surface area (Å²) in [7, 11) is 0.487. The molecule has 3 atom stereocenters. The summed E-state index contributed by atoms with van der Waals surface area (Å²) in [6.07, 6.45) is 9.00. The van der Waals surface area contributed by atoms with Crippen LogP contribution in [0.5, 0.6) is 0 Å². The first kappa shape index (κ1) is 17.3. The fourth-order valence-electron chi connectivity index (χ4n) is 4.95. The van der Waals surface area contributed by atoms with E-state index in [0.29, 0.717) is 19.4 Å². The summed E-state index contributed by atoms with van der Waals surface area (Å²) in [6.45, 7) is 0. The molecule has 5 nitrogen and oxygen atoms in total. The number of carbonyl (C=O) groups excluding carboxylic acids is 1. The van der Waals surface area contributed by atoms with E-state index in [1.165, 1.54) is 25.7 Å². The highest BCUT2D eigenvalue weighted by Gasteiger charge is 2.43. The zero-order valence-corrected chi connectivity index (χ0v) is 16.6. The lowest BCUT2D eigenvalue weighted by molar-refractivity contribution is 0.248. The number of carbonyl (C=O) groups is 1. The van der Waals surface area contributed by atoms with Gasteiger partial charge in [-0.1, -0.05) is 28.8 Å². The summed E-state index contributed by atoms with van der Waals surface area (Å²) in [5.41, 5.74) is 1.75. The van der Waals surface area contributed by atoms with Crippen molar-refractivity contribution in [3.63, 3.8) is 0 Å². The third kappa shape index (κ3) is 3.07. The molecule has 1 N–H and O–H groups in total. The van der Waals surface area contributed by atoms with Crippen molar-refractivity contribution in [3.05, 3.63) is 40.8 Å². The van der Waals surface area contributed by atoms with Crippen LogP contribution in [0.3, 0.4) is 0 Å². The Morgan fingerprint density at radius 1 is 1.30 bits per heavy atom. The molecule has 0 amide bonds. The van der Waals surface area contributed by atoms with Crippen LogP contribution in [0.15, 0.2) is 39.4 Å². The number of hydrogen-bond donors (Lipinski definition) is 1. The highest BCUT2D eigenvalue weighted by atomic mass is 79.9. The van der Waals surface area contributed by atoms with Gasteiger partial charge in [0.15, 0.2) is 5.76 Å². The third-order valence-corrected chi connectivity index (χ3v) is 6.65. The summed E-state index contributed by atoms with van der Waals surface area (Å²) >= 11 is 3.50. The Morgan fingerprint density at radius 2 is 2.19 bits per heavy atom. The number of aromatic nitrogens is 2. The number of furan rings is 1. The first-order chi connectivity index (χ1) is 13.2. The monoisotopic (exact) mass is 425 g/mol. The molecule has 0 radical (unpaired) electrons. The number of rotatable bonds is 4. The van der Waals surface area contributed by atoms with E-state index in [0.717, 1.165) is 45.3 Å². The molecule has 1 aliphatic heterocycles. The lowest BCUT2D eigenvalue weighted by atomic mass is 9.82. The average Bonchev–Trinajstić information content (AvgIpc) is 3.38. The predicted molar refractivity (Wildman–Crippen MR) is 110 cm³/mol. The number of aromatic amines is 1. The largest absolute Gasteiger partial charge is 0.454 e. The van der Waals surface area contributed by atoms with Crippen LogP contribution in [-0.4, -0.2) is 34.4 Å². The molecule has 1 aliphatic carbocycles. The molecule has 2 aromatic heterocycles. The fourth-order valence-corrected chi connectivity index (χ4v) is 5.33. The molecule has 1 aromatic carbocycles. The second-order valence-electron chi connectivity index (χ2n) is 7.70. The SMILES string of the molecule is O=CBN1C2CCCCC2C[C@H]1c1ncc(-c2cc3cc(Br)ccc3o2)[nH]1. The normalized spacial score (nSPS) is 25.6. The lowest BCUT2D eigenvalue weighted by Gasteiger charge is -2.32. The summed E-state index contributed by atoms with van der Waals surface area (Å²) in [4.78, 5) is 21.8. The Hall–Kier alpha value is -1.86. The van der Waals surface area contributed by atoms with Crippen molar-refractivity contribution in [2.45, 2.75) is 44.2 Å². The van der Waals surface area contributed by atoms with Crippen molar-refractivity contribution in [1.82, 2.24) is 14.8 Å². The molecule has 3 aromatic rings. The van der Waals surface area contributed by atoms with Gasteiger partial charge in [-0.2, -0.15) is 0 Å². The van der Waals surface area contributed by atoms with E-state index in [9.17, 15) is 4.79 Å². The molecular weight excluding hydrogens is 405 g/mol. The van der Waals surface area contributed by atoms with Gasteiger partial charge >= 0.3 is 0 Å². The number of nitrogens with zero attached hydrogens (tertiary/aromatic N) is 2. The van der Waals surface area contributed by atoms with Gasteiger partial charge in [0.05, 0.1) is 18.4 Å². The minimum absolute atomic E-state index is 0.190. The van der Waals surface area contributed by atoms with E-state index in [1.807, 2.05) is 30.5 Å². The van der Waals surface area contributed by atoms with Crippen molar-refractivity contribution >= 4 is 40.5 Å². The molecule has 1 saturated carbocycles. The number of H-pyrrole nitrogens is 1. The van der Waals surface area contributed by atoms with Gasteiger partial charge < -0.3 is 19.0 Å². The van der Waals surface area contributed by atoms with Gasteiger partial charge in [0.1, 0.15) is 17.1 Å². The summed E-state index contributed by atoms with van der Waals surface area (Å²) in [5.74, 6) is 2.42. The van der Waals surface area contributed by atoms with Crippen LogP contribution in [0, 0.1) is 5.92 Å². The number of halogens is 1. The molecule has 2 aliphatic rings. The highest BCUT2D eigenvalue weighted by Crippen LogP contribution is 2.45. The maximum Gasteiger partial charge on any atom is 0.281 e. The van der Waals surface area contributed by atoms with Gasteiger partial charge in [0.25, 0.3) is 7.41 Å². The smallest absolute Gasteiger partial charge is 0.281 e. The van der Waals surface area contributed by atoms with Gasteiger partial charge in [-0.25, -0.2) is 4.98 Å². The van der Waals surface area contributed by atoms with Crippen LogP contribution in [0.4, 0.5) is 0 Å². The molecule has 27 heavy (non-hydrogen) atoms. The van der Waals surface area contributed by atoms with E-state index in [2.05, 4.69) is 30.7 Å². The summed E-state index contributed by atoms with van der Waals surface area (Å²) in [6, 6.07) is 8.74.